The van der Waals surface area contributed by atoms with E-state index in [0.717, 1.165) is 0 Å². The highest BCUT2D eigenvalue weighted by Crippen LogP contribution is 2.28. The number of hydrogen-bond acceptors (Lipinski definition) is 8. The molecule has 1 aromatic carbocycles. The van der Waals surface area contributed by atoms with Crippen LogP contribution in [0.4, 0.5) is 5.88 Å². The van der Waals surface area contributed by atoms with E-state index in [-0.39, 0.29) is 34.9 Å². The SMILES string of the molecule is CCOC(=O)c1c(NC(=O)COC(=O)c2ccc(OCC)cc2)oc(C)c1C(C)=O. The second-order valence-electron chi connectivity index (χ2n) is 6.10. The molecule has 9 heteroatoms. The Morgan fingerprint density at radius 3 is 2.17 bits per heavy atom. The lowest BCUT2D eigenvalue weighted by Crippen LogP contribution is -2.22. The lowest BCUT2D eigenvalue weighted by atomic mass is 10.1. The molecule has 0 bridgehead atoms. The zero-order valence-corrected chi connectivity index (χ0v) is 17.2. The molecule has 0 fully saturated rings. The number of ether oxygens (including phenoxy) is 3. The van der Waals surface area contributed by atoms with Crippen LogP contribution in [0.15, 0.2) is 28.7 Å². The number of benzene rings is 1. The molecule has 1 aromatic heterocycles. The van der Waals surface area contributed by atoms with E-state index < -0.39 is 30.2 Å². The van der Waals surface area contributed by atoms with Crippen molar-refractivity contribution in [2.75, 3.05) is 25.1 Å². The van der Waals surface area contributed by atoms with E-state index in [4.69, 9.17) is 18.6 Å². The number of furan rings is 1. The van der Waals surface area contributed by atoms with Crippen molar-refractivity contribution in [3.8, 4) is 5.75 Å². The number of carbonyl (C=O) groups excluding carboxylic acids is 4. The number of anilines is 1. The summed E-state index contributed by atoms with van der Waals surface area (Å²) >= 11 is 0. The fraction of sp³-hybridized carbons (Fsp3) is 0.333. The van der Waals surface area contributed by atoms with Crippen LogP contribution in [0.2, 0.25) is 0 Å². The lowest BCUT2D eigenvalue weighted by molar-refractivity contribution is -0.119. The molecule has 0 radical (unpaired) electrons. The maximum absolute atomic E-state index is 12.2. The molecule has 1 N–H and O–H groups in total. The van der Waals surface area contributed by atoms with E-state index in [9.17, 15) is 19.2 Å². The highest BCUT2D eigenvalue weighted by Gasteiger charge is 2.28. The number of rotatable bonds is 9. The van der Waals surface area contributed by atoms with Crippen LogP contribution in [0.5, 0.6) is 5.75 Å². The van der Waals surface area contributed by atoms with Crippen molar-refractivity contribution >= 4 is 29.5 Å². The van der Waals surface area contributed by atoms with Crippen molar-refractivity contribution in [3.63, 3.8) is 0 Å². The summed E-state index contributed by atoms with van der Waals surface area (Å²) < 4.78 is 20.6. The Balaban J connectivity index is 2.07. The molecule has 0 saturated carbocycles. The van der Waals surface area contributed by atoms with Gasteiger partial charge in [-0.05, 0) is 52.0 Å². The first-order valence-electron chi connectivity index (χ1n) is 9.29. The summed E-state index contributed by atoms with van der Waals surface area (Å²) in [6, 6.07) is 6.25. The Bertz CT molecular complexity index is 943. The highest BCUT2D eigenvalue weighted by atomic mass is 16.5. The lowest BCUT2D eigenvalue weighted by Gasteiger charge is -2.08. The van der Waals surface area contributed by atoms with Gasteiger partial charge in [0.2, 0.25) is 5.88 Å². The predicted molar refractivity (Wildman–Crippen MR) is 106 cm³/mol. The Morgan fingerprint density at radius 2 is 1.60 bits per heavy atom. The third kappa shape index (κ3) is 5.47. The van der Waals surface area contributed by atoms with E-state index in [0.29, 0.717) is 12.4 Å². The summed E-state index contributed by atoms with van der Waals surface area (Å²) in [6.45, 7) is 6.16. The van der Waals surface area contributed by atoms with Crippen LogP contribution in [0.1, 0.15) is 57.6 Å². The quantitative estimate of drug-likeness (QED) is 0.488. The van der Waals surface area contributed by atoms with Gasteiger partial charge in [0, 0.05) is 0 Å². The number of amides is 1. The van der Waals surface area contributed by atoms with Crippen LogP contribution in [-0.2, 0) is 14.3 Å². The minimum atomic E-state index is -0.804. The van der Waals surface area contributed by atoms with Gasteiger partial charge in [0.05, 0.1) is 24.3 Å². The Morgan fingerprint density at radius 1 is 0.933 bits per heavy atom. The smallest absolute Gasteiger partial charge is 0.344 e. The third-order valence-corrected chi connectivity index (χ3v) is 3.90. The molecule has 0 aliphatic heterocycles. The molecular weight excluding hydrogens is 394 g/mol. The van der Waals surface area contributed by atoms with Gasteiger partial charge in [0.1, 0.15) is 17.1 Å². The van der Waals surface area contributed by atoms with Crippen LogP contribution >= 0.6 is 0 Å². The van der Waals surface area contributed by atoms with Gasteiger partial charge in [0.25, 0.3) is 5.91 Å². The molecule has 0 saturated heterocycles. The molecule has 160 valence electrons. The summed E-state index contributed by atoms with van der Waals surface area (Å²) in [5.41, 5.74) is 0.0920. The first-order chi connectivity index (χ1) is 14.3. The van der Waals surface area contributed by atoms with Gasteiger partial charge in [-0.2, -0.15) is 0 Å². The van der Waals surface area contributed by atoms with E-state index in [1.165, 1.54) is 26.0 Å². The average molecular weight is 417 g/mol. The monoisotopic (exact) mass is 417 g/mol. The van der Waals surface area contributed by atoms with Crippen molar-refractivity contribution in [2.24, 2.45) is 0 Å². The molecule has 1 heterocycles. The fourth-order valence-electron chi connectivity index (χ4n) is 2.69. The van der Waals surface area contributed by atoms with Crippen molar-refractivity contribution in [1.82, 2.24) is 0 Å². The average Bonchev–Trinajstić information content (AvgIpc) is 3.03. The normalized spacial score (nSPS) is 10.3. The Labute approximate surface area is 173 Å². The zero-order chi connectivity index (χ0) is 22.3. The minimum Gasteiger partial charge on any atom is -0.494 e. The molecule has 1 amide bonds. The number of esters is 2. The molecule has 2 rings (SSSR count). The second kappa shape index (κ2) is 10.2. The maximum Gasteiger partial charge on any atom is 0.344 e. The van der Waals surface area contributed by atoms with Gasteiger partial charge < -0.3 is 18.6 Å². The second-order valence-corrected chi connectivity index (χ2v) is 6.10. The zero-order valence-electron chi connectivity index (χ0n) is 17.2. The third-order valence-electron chi connectivity index (χ3n) is 3.90. The first kappa shape index (κ1) is 22.7. The van der Waals surface area contributed by atoms with Gasteiger partial charge in [-0.1, -0.05) is 0 Å². The Kier molecular flexibility index (Phi) is 7.74. The molecular formula is C21H23NO8. The molecule has 30 heavy (non-hydrogen) atoms. The minimum absolute atomic E-state index is 0.0233. The fourth-order valence-corrected chi connectivity index (χ4v) is 2.69. The number of hydrogen-bond donors (Lipinski definition) is 1. The van der Waals surface area contributed by atoms with E-state index in [2.05, 4.69) is 5.32 Å². The van der Waals surface area contributed by atoms with Gasteiger partial charge in [-0.3, -0.25) is 14.9 Å². The molecule has 0 aliphatic carbocycles. The van der Waals surface area contributed by atoms with Crippen molar-refractivity contribution in [2.45, 2.75) is 27.7 Å². The number of Topliss-reactive ketones (excluding diaryl/α,β-unsaturated/α-hetero) is 1. The van der Waals surface area contributed by atoms with Crippen LogP contribution in [0.25, 0.3) is 0 Å². The van der Waals surface area contributed by atoms with Gasteiger partial charge in [-0.25, -0.2) is 9.59 Å². The van der Waals surface area contributed by atoms with Gasteiger partial charge >= 0.3 is 11.9 Å². The highest BCUT2D eigenvalue weighted by molar-refractivity contribution is 6.10. The molecule has 0 aliphatic rings. The summed E-state index contributed by atoms with van der Waals surface area (Å²) in [4.78, 5) is 48.4. The van der Waals surface area contributed by atoms with Crippen LogP contribution in [0.3, 0.4) is 0 Å². The van der Waals surface area contributed by atoms with Crippen LogP contribution < -0.4 is 10.1 Å². The van der Waals surface area contributed by atoms with Crippen molar-refractivity contribution in [3.05, 3.63) is 46.7 Å². The summed E-state index contributed by atoms with van der Waals surface area (Å²) in [7, 11) is 0. The summed E-state index contributed by atoms with van der Waals surface area (Å²) in [5, 5.41) is 2.34. The number of nitrogens with one attached hydrogen (secondary N) is 1. The summed E-state index contributed by atoms with van der Waals surface area (Å²) in [6.07, 6.45) is 0. The molecule has 0 atom stereocenters. The van der Waals surface area contributed by atoms with Crippen LogP contribution in [-0.4, -0.2) is 43.4 Å². The number of carbonyl (C=O) groups is 4. The first-order valence-corrected chi connectivity index (χ1v) is 9.29. The van der Waals surface area contributed by atoms with E-state index in [1.54, 1.807) is 19.1 Å². The van der Waals surface area contributed by atoms with Gasteiger partial charge in [-0.15, -0.1) is 0 Å². The maximum atomic E-state index is 12.2. The largest absolute Gasteiger partial charge is 0.494 e. The predicted octanol–water partition coefficient (Wildman–Crippen LogP) is 3.16. The Hall–Kier alpha value is -3.62. The molecule has 0 spiro atoms. The van der Waals surface area contributed by atoms with E-state index >= 15 is 0 Å². The topological polar surface area (TPSA) is 121 Å². The van der Waals surface area contributed by atoms with E-state index in [1.807, 2.05) is 6.92 Å². The summed E-state index contributed by atoms with van der Waals surface area (Å²) in [5.74, 6) is -2.15. The molecule has 2 aromatic rings. The van der Waals surface area contributed by atoms with Crippen LogP contribution in [0, 0.1) is 6.92 Å². The van der Waals surface area contributed by atoms with Gasteiger partial charge in [0.15, 0.2) is 12.4 Å². The standard InChI is InChI=1S/C21H23NO8/c1-5-27-15-9-7-14(8-10-15)20(25)29-11-16(24)22-19-18(21(26)28-6-2)17(12(3)23)13(4)30-19/h7-10H,5-6,11H2,1-4H3,(H,22,24). The molecule has 0 unspecified atom stereocenters. The van der Waals surface area contributed by atoms with Crippen molar-refractivity contribution < 1.29 is 37.8 Å². The van der Waals surface area contributed by atoms with Crippen molar-refractivity contribution in [1.29, 1.82) is 0 Å². The number of aryl methyl sites for hydroxylation is 1. The number of ketones is 1. The molecule has 9 nitrogen and oxygen atoms in total.